The molecular formula is C16H20N2O2S. The highest BCUT2D eigenvalue weighted by atomic mass is 32.1. The first kappa shape index (κ1) is 14.5. The molecule has 21 heavy (non-hydrogen) atoms. The van der Waals surface area contributed by atoms with Gasteiger partial charge < -0.3 is 15.7 Å². The van der Waals surface area contributed by atoms with E-state index >= 15 is 0 Å². The molecule has 2 aromatic rings. The molecule has 1 aromatic heterocycles. The van der Waals surface area contributed by atoms with Gasteiger partial charge in [0.15, 0.2) is 0 Å². The summed E-state index contributed by atoms with van der Waals surface area (Å²) in [5.74, 6) is 0.453. The maximum absolute atomic E-state index is 12.0. The van der Waals surface area contributed by atoms with Crippen LogP contribution in [0, 0.1) is 11.8 Å². The number of carbonyl (C=O) groups is 1. The molecular weight excluding hydrogens is 284 g/mol. The number of aliphatic hydroxyl groups is 1. The molecule has 2 heterocycles. The molecule has 1 fully saturated rings. The Bertz CT molecular complexity index is 603. The highest BCUT2D eigenvalue weighted by Crippen LogP contribution is 2.29. The lowest BCUT2D eigenvalue weighted by atomic mass is 9.88. The van der Waals surface area contributed by atoms with Crippen molar-refractivity contribution in [1.82, 2.24) is 10.6 Å². The van der Waals surface area contributed by atoms with Crippen molar-refractivity contribution in [2.24, 2.45) is 11.8 Å². The van der Waals surface area contributed by atoms with Crippen molar-refractivity contribution in [1.29, 1.82) is 0 Å². The van der Waals surface area contributed by atoms with Crippen LogP contribution in [0.25, 0.3) is 10.1 Å². The number of hydrogen-bond acceptors (Lipinski definition) is 4. The van der Waals surface area contributed by atoms with Gasteiger partial charge in [-0.05, 0) is 36.5 Å². The Morgan fingerprint density at radius 2 is 2.24 bits per heavy atom. The molecule has 1 aromatic carbocycles. The maximum atomic E-state index is 12.0. The van der Waals surface area contributed by atoms with Crippen LogP contribution in [0.4, 0.5) is 0 Å². The molecule has 0 bridgehead atoms. The summed E-state index contributed by atoms with van der Waals surface area (Å²) in [5, 5.41) is 17.4. The van der Waals surface area contributed by atoms with Gasteiger partial charge in [-0.2, -0.15) is 0 Å². The minimum Gasteiger partial charge on any atom is -0.386 e. The Morgan fingerprint density at radius 3 is 2.90 bits per heavy atom. The van der Waals surface area contributed by atoms with Gasteiger partial charge in [0, 0.05) is 22.0 Å². The Labute approximate surface area is 128 Å². The second-order valence-corrected chi connectivity index (χ2v) is 6.77. The van der Waals surface area contributed by atoms with E-state index in [0.29, 0.717) is 5.92 Å². The lowest BCUT2D eigenvalue weighted by Crippen LogP contribution is -2.49. The van der Waals surface area contributed by atoms with Gasteiger partial charge in [-0.25, -0.2) is 0 Å². The minimum atomic E-state index is -0.641. The molecule has 1 aliphatic heterocycles. The van der Waals surface area contributed by atoms with Crippen molar-refractivity contribution in [3.8, 4) is 0 Å². The fourth-order valence-electron chi connectivity index (χ4n) is 2.50. The quantitative estimate of drug-likeness (QED) is 0.791. The van der Waals surface area contributed by atoms with Gasteiger partial charge in [0.25, 0.3) is 0 Å². The Balaban J connectivity index is 1.58. The zero-order valence-corrected chi connectivity index (χ0v) is 12.8. The van der Waals surface area contributed by atoms with E-state index in [1.807, 2.05) is 37.3 Å². The summed E-state index contributed by atoms with van der Waals surface area (Å²) in [5.41, 5.74) is 0. The van der Waals surface area contributed by atoms with Crippen LogP contribution in [0.2, 0.25) is 0 Å². The molecule has 0 radical (unpaired) electrons. The molecule has 112 valence electrons. The summed E-state index contributed by atoms with van der Waals surface area (Å²) < 4.78 is 1.16. The number of hydrogen-bond donors (Lipinski definition) is 3. The first-order chi connectivity index (χ1) is 10.1. The van der Waals surface area contributed by atoms with E-state index in [1.165, 1.54) is 0 Å². The van der Waals surface area contributed by atoms with E-state index in [0.717, 1.165) is 28.1 Å². The number of aliphatic hydroxyl groups excluding tert-OH is 1. The van der Waals surface area contributed by atoms with E-state index in [1.54, 1.807) is 11.3 Å². The average molecular weight is 304 g/mol. The maximum Gasteiger partial charge on any atom is 0.223 e. The highest BCUT2D eigenvalue weighted by Gasteiger charge is 2.28. The summed E-state index contributed by atoms with van der Waals surface area (Å²) in [7, 11) is 0. The normalized spacial score (nSPS) is 18.2. The van der Waals surface area contributed by atoms with E-state index in [4.69, 9.17) is 0 Å². The smallest absolute Gasteiger partial charge is 0.223 e. The van der Waals surface area contributed by atoms with Crippen molar-refractivity contribution >= 4 is 27.3 Å². The van der Waals surface area contributed by atoms with Gasteiger partial charge in [0.2, 0.25) is 5.91 Å². The molecule has 1 amide bonds. The van der Waals surface area contributed by atoms with Crippen molar-refractivity contribution in [2.45, 2.75) is 13.0 Å². The third-order valence-electron chi connectivity index (χ3n) is 4.18. The Hall–Kier alpha value is -1.43. The summed E-state index contributed by atoms with van der Waals surface area (Å²) in [4.78, 5) is 12.9. The van der Waals surface area contributed by atoms with E-state index in [2.05, 4.69) is 10.6 Å². The zero-order chi connectivity index (χ0) is 14.8. The average Bonchev–Trinajstić information content (AvgIpc) is 2.86. The lowest BCUT2D eigenvalue weighted by Gasteiger charge is -2.31. The number of nitrogens with one attached hydrogen (secondary N) is 2. The molecule has 0 saturated carbocycles. The van der Waals surface area contributed by atoms with Crippen LogP contribution < -0.4 is 10.6 Å². The Morgan fingerprint density at radius 1 is 1.48 bits per heavy atom. The second-order valence-electron chi connectivity index (χ2n) is 5.65. The van der Waals surface area contributed by atoms with Crippen molar-refractivity contribution in [3.05, 3.63) is 35.2 Å². The predicted molar refractivity (Wildman–Crippen MR) is 85.3 cm³/mol. The minimum absolute atomic E-state index is 0.000794. The molecule has 2 atom stereocenters. The van der Waals surface area contributed by atoms with E-state index < -0.39 is 6.10 Å². The lowest BCUT2D eigenvalue weighted by molar-refractivity contribution is -0.127. The molecule has 1 saturated heterocycles. The molecule has 2 unspecified atom stereocenters. The van der Waals surface area contributed by atoms with Crippen LogP contribution in [-0.2, 0) is 4.79 Å². The number of carbonyl (C=O) groups excluding carboxylic acids is 1. The van der Waals surface area contributed by atoms with Crippen LogP contribution in [0.15, 0.2) is 30.3 Å². The van der Waals surface area contributed by atoms with Gasteiger partial charge >= 0.3 is 0 Å². The summed E-state index contributed by atoms with van der Waals surface area (Å²) in [6.07, 6.45) is -0.641. The first-order valence-corrected chi connectivity index (χ1v) is 8.12. The van der Waals surface area contributed by atoms with Crippen LogP contribution in [-0.4, -0.2) is 30.6 Å². The molecule has 4 nitrogen and oxygen atoms in total. The molecule has 1 aliphatic rings. The van der Waals surface area contributed by atoms with Gasteiger partial charge in [-0.1, -0.05) is 25.1 Å². The second kappa shape index (κ2) is 6.13. The van der Waals surface area contributed by atoms with Gasteiger partial charge in [0.1, 0.15) is 6.10 Å². The van der Waals surface area contributed by atoms with Crippen molar-refractivity contribution in [2.75, 3.05) is 19.6 Å². The van der Waals surface area contributed by atoms with Crippen LogP contribution in [0.3, 0.4) is 0 Å². The van der Waals surface area contributed by atoms with Crippen LogP contribution >= 0.6 is 11.3 Å². The number of rotatable bonds is 5. The number of amides is 1. The van der Waals surface area contributed by atoms with Crippen molar-refractivity contribution < 1.29 is 9.90 Å². The number of benzene rings is 1. The van der Waals surface area contributed by atoms with Gasteiger partial charge in [-0.3, -0.25) is 4.79 Å². The molecule has 5 heteroatoms. The largest absolute Gasteiger partial charge is 0.386 e. The van der Waals surface area contributed by atoms with Crippen LogP contribution in [0.1, 0.15) is 17.9 Å². The van der Waals surface area contributed by atoms with Gasteiger partial charge in [0.05, 0.1) is 0 Å². The Kier molecular flexibility index (Phi) is 4.24. The number of fused-ring (bicyclic) bond motifs is 1. The van der Waals surface area contributed by atoms with Gasteiger partial charge in [-0.15, -0.1) is 11.3 Å². The summed E-state index contributed by atoms with van der Waals surface area (Å²) in [6, 6.07) is 10.1. The molecule has 0 spiro atoms. The highest BCUT2D eigenvalue weighted by molar-refractivity contribution is 7.19. The van der Waals surface area contributed by atoms with Crippen LogP contribution in [0.5, 0.6) is 0 Å². The molecule has 3 N–H and O–H groups in total. The summed E-state index contributed by atoms with van der Waals surface area (Å²) >= 11 is 1.58. The molecule has 0 aliphatic carbocycles. The van der Waals surface area contributed by atoms with E-state index in [-0.39, 0.29) is 18.4 Å². The standard InChI is InChI=1S/C16H20N2O2S/c1-10(12-7-17-8-12)16(20)18-9-13(19)15-6-11-4-2-3-5-14(11)21-15/h2-6,10,12-13,17,19H,7-9H2,1H3,(H,18,20). The fraction of sp³-hybridized carbons (Fsp3) is 0.438. The monoisotopic (exact) mass is 304 g/mol. The molecule has 3 rings (SSSR count). The van der Waals surface area contributed by atoms with Crippen molar-refractivity contribution in [3.63, 3.8) is 0 Å². The first-order valence-electron chi connectivity index (χ1n) is 7.30. The van der Waals surface area contributed by atoms with E-state index in [9.17, 15) is 9.90 Å². The third-order valence-corrected chi connectivity index (χ3v) is 5.39. The predicted octanol–water partition coefficient (Wildman–Crippen LogP) is 1.91. The SMILES string of the molecule is CC(C(=O)NCC(O)c1cc2ccccc2s1)C1CNC1. The fourth-order valence-corrected chi connectivity index (χ4v) is 3.55. The third kappa shape index (κ3) is 3.10. The summed E-state index contributed by atoms with van der Waals surface area (Å²) in [6.45, 7) is 4.05. The topological polar surface area (TPSA) is 61.4 Å². The number of thiophene rings is 1. The zero-order valence-electron chi connectivity index (χ0n) is 12.0.